The summed E-state index contributed by atoms with van der Waals surface area (Å²) in [5, 5.41) is 0. The van der Waals surface area contributed by atoms with Gasteiger partial charge in [0, 0.05) is 25.8 Å². The summed E-state index contributed by atoms with van der Waals surface area (Å²) in [7, 11) is 3.94. The fraction of sp³-hybridized carbons (Fsp3) is 0.273. The SMILES string of the molecule is CC(C)OC(=O)COc1ccc2c(c1)O/C(=C\c1ccc(N(C)C)cc1)C2=O. The summed E-state index contributed by atoms with van der Waals surface area (Å²) in [5.41, 5.74) is 2.41. The van der Waals surface area contributed by atoms with E-state index >= 15 is 0 Å². The standard InChI is InChI=1S/C22H23NO5/c1-14(2)27-21(24)13-26-17-9-10-18-19(12-17)28-20(22(18)25)11-15-5-7-16(8-6-15)23(3)4/h5-12,14H,13H2,1-4H3/b20-11-. The average molecular weight is 381 g/mol. The van der Waals surface area contributed by atoms with Gasteiger partial charge in [0.25, 0.3) is 0 Å². The number of ether oxygens (including phenoxy) is 3. The molecule has 0 saturated carbocycles. The quantitative estimate of drug-likeness (QED) is 0.562. The number of ketones is 1. The van der Waals surface area contributed by atoms with Gasteiger partial charge < -0.3 is 19.1 Å². The summed E-state index contributed by atoms with van der Waals surface area (Å²) >= 11 is 0. The second-order valence-corrected chi connectivity index (χ2v) is 6.91. The van der Waals surface area contributed by atoms with Crippen molar-refractivity contribution in [1.29, 1.82) is 0 Å². The molecule has 2 aromatic rings. The summed E-state index contributed by atoms with van der Waals surface area (Å²) in [6.07, 6.45) is 1.51. The number of carbonyl (C=O) groups is 2. The van der Waals surface area contributed by atoms with Gasteiger partial charge in [-0.05, 0) is 49.8 Å². The summed E-state index contributed by atoms with van der Waals surface area (Å²) in [6.45, 7) is 3.34. The third-order valence-electron chi connectivity index (χ3n) is 4.07. The first-order valence-corrected chi connectivity index (χ1v) is 9.01. The van der Waals surface area contributed by atoms with Crippen LogP contribution in [0, 0.1) is 0 Å². The van der Waals surface area contributed by atoms with E-state index in [1.165, 1.54) is 0 Å². The van der Waals surface area contributed by atoms with Crippen molar-refractivity contribution in [3.05, 3.63) is 59.4 Å². The van der Waals surface area contributed by atoms with Crippen LogP contribution in [0.5, 0.6) is 11.5 Å². The van der Waals surface area contributed by atoms with Gasteiger partial charge in [-0.2, -0.15) is 0 Å². The first kappa shape index (κ1) is 19.5. The highest BCUT2D eigenvalue weighted by Gasteiger charge is 2.27. The van der Waals surface area contributed by atoms with Crippen molar-refractivity contribution >= 4 is 23.5 Å². The van der Waals surface area contributed by atoms with Gasteiger partial charge in [0.05, 0.1) is 11.7 Å². The molecule has 0 unspecified atom stereocenters. The van der Waals surface area contributed by atoms with Crippen LogP contribution in [-0.2, 0) is 9.53 Å². The number of hydrogen-bond acceptors (Lipinski definition) is 6. The van der Waals surface area contributed by atoms with E-state index in [1.807, 2.05) is 43.3 Å². The Bertz CT molecular complexity index is 913. The number of benzene rings is 2. The van der Waals surface area contributed by atoms with Gasteiger partial charge in [-0.1, -0.05) is 12.1 Å². The van der Waals surface area contributed by atoms with E-state index in [1.54, 1.807) is 38.1 Å². The zero-order valence-electron chi connectivity index (χ0n) is 16.4. The molecule has 3 rings (SSSR count). The van der Waals surface area contributed by atoms with E-state index in [-0.39, 0.29) is 24.3 Å². The molecule has 0 saturated heterocycles. The Labute approximate surface area is 164 Å². The van der Waals surface area contributed by atoms with Crippen LogP contribution in [0.3, 0.4) is 0 Å². The first-order valence-electron chi connectivity index (χ1n) is 9.01. The molecule has 1 aliphatic rings. The molecule has 146 valence electrons. The van der Waals surface area contributed by atoms with Crippen molar-refractivity contribution in [2.45, 2.75) is 20.0 Å². The Hall–Kier alpha value is -3.28. The third kappa shape index (κ3) is 4.52. The maximum absolute atomic E-state index is 12.6. The van der Waals surface area contributed by atoms with Crippen LogP contribution < -0.4 is 14.4 Å². The molecule has 0 bridgehead atoms. The first-order chi connectivity index (χ1) is 13.3. The largest absolute Gasteiger partial charge is 0.482 e. The second kappa shape index (κ2) is 8.17. The molecule has 28 heavy (non-hydrogen) atoms. The van der Waals surface area contributed by atoms with Crippen LogP contribution in [0.15, 0.2) is 48.2 Å². The molecule has 1 aliphatic heterocycles. The van der Waals surface area contributed by atoms with Gasteiger partial charge in [0.15, 0.2) is 12.4 Å². The number of hydrogen-bond donors (Lipinski definition) is 0. The van der Waals surface area contributed by atoms with Crippen LogP contribution in [0.2, 0.25) is 0 Å². The Morgan fingerprint density at radius 1 is 1.14 bits per heavy atom. The van der Waals surface area contributed by atoms with E-state index in [0.717, 1.165) is 11.3 Å². The topological polar surface area (TPSA) is 65.1 Å². The molecule has 0 amide bonds. The van der Waals surface area contributed by atoms with Crippen molar-refractivity contribution in [3.8, 4) is 11.5 Å². The lowest BCUT2D eigenvalue weighted by Gasteiger charge is -2.11. The lowest BCUT2D eigenvalue weighted by molar-refractivity contribution is -0.149. The molecule has 0 N–H and O–H groups in total. The maximum Gasteiger partial charge on any atom is 0.344 e. The van der Waals surface area contributed by atoms with Gasteiger partial charge in [0.2, 0.25) is 5.78 Å². The Kier molecular flexibility index (Phi) is 5.68. The van der Waals surface area contributed by atoms with Crippen molar-refractivity contribution in [2.24, 2.45) is 0 Å². The lowest BCUT2D eigenvalue weighted by atomic mass is 10.1. The van der Waals surface area contributed by atoms with E-state index in [4.69, 9.17) is 14.2 Å². The molecular weight excluding hydrogens is 358 g/mol. The van der Waals surface area contributed by atoms with Crippen molar-refractivity contribution in [2.75, 3.05) is 25.6 Å². The minimum atomic E-state index is -0.450. The molecular formula is C22H23NO5. The number of anilines is 1. The van der Waals surface area contributed by atoms with Crippen LogP contribution in [0.4, 0.5) is 5.69 Å². The molecule has 0 fully saturated rings. The van der Waals surface area contributed by atoms with E-state index in [2.05, 4.69) is 0 Å². The maximum atomic E-state index is 12.6. The molecule has 0 aliphatic carbocycles. The lowest BCUT2D eigenvalue weighted by Crippen LogP contribution is -2.18. The minimum absolute atomic E-state index is 0.183. The van der Waals surface area contributed by atoms with Gasteiger partial charge in [-0.3, -0.25) is 4.79 Å². The number of nitrogens with zero attached hydrogens (tertiary/aromatic N) is 1. The Balaban J connectivity index is 1.71. The van der Waals surface area contributed by atoms with Crippen LogP contribution in [0.1, 0.15) is 29.8 Å². The number of fused-ring (bicyclic) bond motifs is 1. The van der Waals surface area contributed by atoms with Gasteiger partial charge >= 0.3 is 5.97 Å². The zero-order valence-corrected chi connectivity index (χ0v) is 16.4. The van der Waals surface area contributed by atoms with E-state index in [0.29, 0.717) is 17.1 Å². The molecule has 2 aromatic carbocycles. The summed E-state index contributed by atoms with van der Waals surface area (Å²) < 4.78 is 16.2. The number of rotatable bonds is 6. The van der Waals surface area contributed by atoms with Crippen LogP contribution in [-0.4, -0.2) is 38.6 Å². The smallest absolute Gasteiger partial charge is 0.344 e. The number of allylic oxidation sites excluding steroid dienone is 1. The van der Waals surface area contributed by atoms with E-state index < -0.39 is 5.97 Å². The van der Waals surface area contributed by atoms with Gasteiger partial charge in [-0.25, -0.2) is 4.79 Å². The minimum Gasteiger partial charge on any atom is -0.482 e. The molecule has 6 nitrogen and oxygen atoms in total. The Morgan fingerprint density at radius 3 is 2.50 bits per heavy atom. The fourth-order valence-electron chi connectivity index (χ4n) is 2.72. The number of esters is 1. The zero-order chi connectivity index (χ0) is 20.3. The van der Waals surface area contributed by atoms with Crippen LogP contribution in [0.25, 0.3) is 6.08 Å². The molecule has 0 atom stereocenters. The van der Waals surface area contributed by atoms with Gasteiger partial charge in [0.1, 0.15) is 11.5 Å². The fourth-order valence-corrected chi connectivity index (χ4v) is 2.72. The summed E-state index contributed by atoms with van der Waals surface area (Å²) in [4.78, 5) is 26.2. The molecule has 1 heterocycles. The normalized spacial score (nSPS) is 14.0. The van der Waals surface area contributed by atoms with Gasteiger partial charge in [-0.15, -0.1) is 0 Å². The predicted octanol–water partition coefficient (Wildman–Crippen LogP) is 3.70. The Morgan fingerprint density at radius 2 is 1.86 bits per heavy atom. The third-order valence-corrected chi connectivity index (χ3v) is 4.07. The average Bonchev–Trinajstić information content (AvgIpc) is 2.95. The summed E-state index contributed by atoms with van der Waals surface area (Å²) in [6, 6.07) is 12.7. The van der Waals surface area contributed by atoms with Crippen molar-refractivity contribution < 1.29 is 23.8 Å². The molecule has 0 spiro atoms. The number of Topliss-reactive ketones (excluding diaryl/α,β-unsaturated/α-hetero) is 1. The summed E-state index contributed by atoms with van der Waals surface area (Å²) in [5.74, 6) is 0.468. The van der Waals surface area contributed by atoms with Crippen molar-refractivity contribution in [3.63, 3.8) is 0 Å². The highest BCUT2D eigenvalue weighted by atomic mass is 16.6. The predicted molar refractivity (Wildman–Crippen MR) is 107 cm³/mol. The number of carbonyl (C=O) groups excluding carboxylic acids is 2. The molecule has 0 aromatic heterocycles. The molecule has 0 radical (unpaired) electrons. The monoisotopic (exact) mass is 381 g/mol. The highest BCUT2D eigenvalue weighted by molar-refractivity contribution is 6.14. The van der Waals surface area contributed by atoms with Crippen LogP contribution >= 0.6 is 0 Å². The highest BCUT2D eigenvalue weighted by Crippen LogP contribution is 2.35. The van der Waals surface area contributed by atoms with E-state index in [9.17, 15) is 9.59 Å². The second-order valence-electron chi connectivity index (χ2n) is 6.91. The molecule has 6 heteroatoms. The van der Waals surface area contributed by atoms with Crippen molar-refractivity contribution in [1.82, 2.24) is 0 Å².